The Balaban J connectivity index is 1.38. The molecule has 226 valence electrons. The van der Waals surface area contributed by atoms with Crippen LogP contribution in [0.1, 0.15) is 56.2 Å². The van der Waals surface area contributed by atoms with E-state index in [1.54, 1.807) is 6.92 Å². The molecule has 0 radical (unpaired) electrons. The van der Waals surface area contributed by atoms with Crippen molar-refractivity contribution in [3.63, 3.8) is 0 Å². The number of fused-ring (bicyclic) bond motifs is 3. The minimum Gasteiger partial charge on any atom is -0.465 e. The summed E-state index contributed by atoms with van der Waals surface area (Å²) in [4.78, 5) is 51.5. The number of rotatable bonds is 14. The summed E-state index contributed by atoms with van der Waals surface area (Å²) in [6, 6.07) is 25.7. The van der Waals surface area contributed by atoms with Crippen LogP contribution in [-0.4, -0.2) is 43.6 Å². The van der Waals surface area contributed by atoms with Gasteiger partial charge in [0.05, 0.1) is 25.6 Å². The quantitative estimate of drug-likeness (QED) is 0.157. The maximum atomic E-state index is 13.3. The predicted octanol–water partition coefficient (Wildman–Crippen LogP) is 5.01. The minimum atomic E-state index is -0.960. The summed E-state index contributed by atoms with van der Waals surface area (Å²) >= 11 is 0. The molecule has 0 saturated carbocycles. The molecule has 0 bridgehead atoms. The van der Waals surface area contributed by atoms with E-state index in [0.29, 0.717) is 12.8 Å². The van der Waals surface area contributed by atoms with Crippen LogP contribution in [0.4, 0.5) is 0 Å². The van der Waals surface area contributed by atoms with Gasteiger partial charge in [0.2, 0.25) is 11.8 Å². The summed E-state index contributed by atoms with van der Waals surface area (Å²) in [6.07, 6.45) is 0.532. The van der Waals surface area contributed by atoms with Crippen molar-refractivity contribution < 1.29 is 28.7 Å². The zero-order chi connectivity index (χ0) is 30.8. The second kappa shape index (κ2) is 15.1. The van der Waals surface area contributed by atoms with E-state index in [0.717, 1.165) is 27.8 Å². The van der Waals surface area contributed by atoms with Crippen LogP contribution in [0.5, 0.6) is 0 Å². The topological polar surface area (TPSA) is 111 Å². The molecule has 0 aliphatic heterocycles. The van der Waals surface area contributed by atoms with E-state index >= 15 is 0 Å². The van der Waals surface area contributed by atoms with E-state index in [1.807, 2.05) is 68.4 Å². The molecule has 2 amide bonds. The Morgan fingerprint density at radius 3 is 1.95 bits per heavy atom. The van der Waals surface area contributed by atoms with Crippen LogP contribution in [0.3, 0.4) is 0 Å². The zero-order valence-electron chi connectivity index (χ0n) is 25.0. The first kappa shape index (κ1) is 31.5. The van der Waals surface area contributed by atoms with Crippen LogP contribution < -0.4 is 10.6 Å². The lowest BCUT2D eigenvalue weighted by Crippen LogP contribution is -2.45. The normalized spacial score (nSPS) is 13.4. The predicted molar refractivity (Wildman–Crippen MR) is 164 cm³/mol. The van der Waals surface area contributed by atoms with Gasteiger partial charge in [0.15, 0.2) is 0 Å². The summed E-state index contributed by atoms with van der Waals surface area (Å²) in [6.45, 7) is 5.69. The van der Waals surface area contributed by atoms with Gasteiger partial charge in [-0.15, -0.1) is 0 Å². The molecule has 0 spiro atoms. The first-order chi connectivity index (χ1) is 20.8. The fourth-order valence-corrected chi connectivity index (χ4v) is 5.54. The van der Waals surface area contributed by atoms with Crippen LogP contribution in [0, 0.1) is 17.8 Å². The molecule has 0 fully saturated rings. The molecule has 43 heavy (non-hydrogen) atoms. The number of carbonyl (C=O) groups is 4. The van der Waals surface area contributed by atoms with Crippen molar-refractivity contribution in [1.82, 2.24) is 10.6 Å². The average Bonchev–Trinajstić information content (AvgIpc) is 3.32. The molecular weight excluding hydrogens is 544 g/mol. The molecule has 1 aliphatic rings. The summed E-state index contributed by atoms with van der Waals surface area (Å²) in [5, 5.41) is 5.33. The van der Waals surface area contributed by atoms with Crippen LogP contribution in [0.25, 0.3) is 11.1 Å². The number of hydrogen-bond donors (Lipinski definition) is 2. The molecule has 2 N–H and O–H groups in total. The van der Waals surface area contributed by atoms with E-state index in [4.69, 9.17) is 9.47 Å². The van der Waals surface area contributed by atoms with Crippen LogP contribution in [0.2, 0.25) is 0 Å². The van der Waals surface area contributed by atoms with E-state index in [9.17, 15) is 19.2 Å². The van der Waals surface area contributed by atoms with Crippen molar-refractivity contribution >= 4 is 23.8 Å². The highest BCUT2D eigenvalue weighted by molar-refractivity contribution is 5.98. The first-order valence-corrected chi connectivity index (χ1v) is 14.9. The fraction of sp³-hybridized carbons (Fsp3) is 0.371. The Labute approximate surface area is 253 Å². The molecule has 0 aromatic heterocycles. The highest BCUT2D eigenvalue weighted by Gasteiger charge is 2.31. The summed E-state index contributed by atoms with van der Waals surface area (Å²) in [5.41, 5.74) is 5.41. The first-order valence-electron chi connectivity index (χ1n) is 14.9. The van der Waals surface area contributed by atoms with Gasteiger partial charge < -0.3 is 20.1 Å². The zero-order valence-corrected chi connectivity index (χ0v) is 25.0. The number of ether oxygens (including phenoxy) is 2. The molecule has 3 aromatic rings. The standard InChI is InChI=1S/C35H40N2O6/c1-4-42-35(41)30(18-23(2)3)34(40)37-22-36-33(39)25(19-24-12-6-5-7-13-24)20-32(38)43-21-31-28-16-10-8-14-26(28)27-15-9-11-17-29(27)31/h5-17,23,25,30-31H,4,18-22H2,1-3H3,(H,36,39)(H,37,40)/t25-,30?/m1/s1. The van der Waals surface area contributed by atoms with Gasteiger partial charge in [0.25, 0.3) is 0 Å². The lowest BCUT2D eigenvalue weighted by atomic mass is 9.95. The molecular formula is C35H40N2O6. The van der Waals surface area contributed by atoms with Gasteiger partial charge in [0, 0.05) is 5.92 Å². The van der Waals surface area contributed by atoms with Crippen LogP contribution in [-0.2, 0) is 35.1 Å². The van der Waals surface area contributed by atoms with Crippen molar-refractivity contribution in [3.05, 3.63) is 95.6 Å². The fourth-order valence-electron chi connectivity index (χ4n) is 5.54. The Bertz CT molecular complexity index is 1380. The number of nitrogens with one attached hydrogen (secondary N) is 2. The number of esters is 2. The Hall–Kier alpha value is -4.46. The SMILES string of the molecule is CCOC(=O)C(CC(C)C)C(=O)NCNC(=O)[C@@H](CC(=O)OCC1c2ccccc2-c2ccccc21)Cc1ccccc1. The molecule has 0 saturated heterocycles. The van der Waals surface area contributed by atoms with Crippen molar-refractivity contribution in [2.75, 3.05) is 19.9 Å². The van der Waals surface area contributed by atoms with Crippen molar-refractivity contribution in [1.29, 1.82) is 0 Å². The number of hydrogen-bond acceptors (Lipinski definition) is 6. The Morgan fingerprint density at radius 2 is 1.35 bits per heavy atom. The monoisotopic (exact) mass is 584 g/mol. The molecule has 2 atom stereocenters. The molecule has 1 aliphatic carbocycles. The second-order valence-electron chi connectivity index (χ2n) is 11.2. The third-order valence-electron chi connectivity index (χ3n) is 7.60. The van der Waals surface area contributed by atoms with Gasteiger partial charge in [0.1, 0.15) is 12.5 Å². The third kappa shape index (κ3) is 8.31. The largest absolute Gasteiger partial charge is 0.465 e. The average molecular weight is 585 g/mol. The number of amides is 2. The molecule has 8 heteroatoms. The van der Waals surface area contributed by atoms with Gasteiger partial charge in [-0.1, -0.05) is 92.7 Å². The molecule has 1 unspecified atom stereocenters. The highest BCUT2D eigenvalue weighted by atomic mass is 16.5. The lowest BCUT2D eigenvalue weighted by molar-refractivity contribution is -0.153. The summed E-state index contributed by atoms with van der Waals surface area (Å²) < 4.78 is 10.8. The van der Waals surface area contributed by atoms with E-state index in [1.165, 1.54) is 0 Å². The van der Waals surface area contributed by atoms with Gasteiger partial charge in [-0.05, 0) is 53.5 Å². The molecule has 4 rings (SSSR count). The summed E-state index contributed by atoms with van der Waals surface area (Å²) in [7, 11) is 0. The maximum absolute atomic E-state index is 13.3. The molecule has 3 aromatic carbocycles. The Kier molecular flexibility index (Phi) is 11.1. The van der Waals surface area contributed by atoms with Gasteiger partial charge in [-0.3, -0.25) is 19.2 Å². The highest BCUT2D eigenvalue weighted by Crippen LogP contribution is 2.44. The van der Waals surface area contributed by atoms with Crippen molar-refractivity contribution in [2.45, 2.75) is 46.0 Å². The van der Waals surface area contributed by atoms with E-state index in [2.05, 4.69) is 34.9 Å². The minimum absolute atomic E-state index is 0.0776. The van der Waals surface area contributed by atoms with Gasteiger partial charge >= 0.3 is 11.9 Å². The Morgan fingerprint density at radius 1 is 0.767 bits per heavy atom. The molecule has 0 heterocycles. The number of benzene rings is 3. The number of carbonyl (C=O) groups excluding carboxylic acids is 4. The lowest BCUT2D eigenvalue weighted by Gasteiger charge is -2.20. The third-order valence-corrected chi connectivity index (χ3v) is 7.60. The van der Waals surface area contributed by atoms with Crippen molar-refractivity contribution in [2.24, 2.45) is 17.8 Å². The van der Waals surface area contributed by atoms with Gasteiger partial charge in [-0.2, -0.15) is 0 Å². The van der Waals surface area contributed by atoms with Crippen LogP contribution in [0.15, 0.2) is 78.9 Å². The van der Waals surface area contributed by atoms with E-state index < -0.39 is 35.6 Å². The molecule has 8 nitrogen and oxygen atoms in total. The second-order valence-corrected chi connectivity index (χ2v) is 11.2. The summed E-state index contributed by atoms with van der Waals surface area (Å²) in [5.74, 6) is -3.62. The van der Waals surface area contributed by atoms with E-state index in [-0.39, 0.29) is 38.1 Å². The van der Waals surface area contributed by atoms with Crippen LogP contribution >= 0.6 is 0 Å². The van der Waals surface area contributed by atoms with Gasteiger partial charge in [-0.25, -0.2) is 0 Å². The van der Waals surface area contributed by atoms with Crippen molar-refractivity contribution in [3.8, 4) is 11.1 Å². The maximum Gasteiger partial charge on any atom is 0.318 e. The smallest absolute Gasteiger partial charge is 0.318 e.